The molecule has 32 heavy (non-hydrogen) atoms. The van der Waals surface area contributed by atoms with Crippen molar-refractivity contribution in [3.05, 3.63) is 70.8 Å². The van der Waals surface area contributed by atoms with Gasteiger partial charge in [0.1, 0.15) is 12.1 Å². The molecule has 1 saturated heterocycles. The summed E-state index contributed by atoms with van der Waals surface area (Å²) in [5, 5.41) is 14.3. The van der Waals surface area contributed by atoms with Crippen molar-refractivity contribution in [1.82, 2.24) is 15.5 Å². The fraction of sp³-hybridized carbons (Fsp3) is 0.261. The van der Waals surface area contributed by atoms with Crippen molar-refractivity contribution >= 4 is 29.6 Å². The van der Waals surface area contributed by atoms with Crippen LogP contribution in [0.3, 0.4) is 0 Å². The van der Waals surface area contributed by atoms with Crippen LogP contribution in [-0.4, -0.2) is 51.7 Å². The lowest BCUT2D eigenvalue weighted by atomic mass is 10.0. The smallest absolute Gasteiger partial charge is 0.326 e. The molecule has 4 amide bonds. The Balaban J connectivity index is 1.49. The van der Waals surface area contributed by atoms with Crippen LogP contribution in [0.4, 0.5) is 0 Å². The van der Waals surface area contributed by atoms with E-state index in [1.165, 1.54) is 17.0 Å². The summed E-state index contributed by atoms with van der Waals surface area (Å²) in [6.07, 6.45) is 0.523. The fourth-order valence-electron chi connectivity index (χ4n) is 3.99. The van der Waals surface area contributed by atoms with Gasteiger partial charge in [0.15, 0.2) is 0 Å². The Morgan fingerprint density at radius 3 is 2.56 bits per heavy atom. The molecule has 0 bridgehead atoms. The van der Waals surface area contributed by atoms with Crippen molar-refractivity contribution in [2.75, 3.05) is 0 Å². The number of aliphatic carboxylic acids is 1. The summed E-state index contributed by atoms with van der Waals surface area (Å²) in [6.45, 7) is 0.202. The first kappa shape index (κ1) is 21.2. The van der Waals surface area contributed by atoms with Crippen molar-refractivity contribution in [3.8, 4) is 0 Å². The highest BCUT2D eigenvalue weighted by molar-refractivity contribution is 6.06. The highest BCUT2D eigenvalue weighted by atomic mass is 16.4. The molecule has 9 heteroatoms. The molecule has 0 spiro atoms. The SMILES string of the molecule is O=C1CCC(N2Cc3ccc(C(=O)N[C@@H](Cc4ccccc4)C(=O)O)cc3C2=O)C(=O)N1. The molecule has 0 aromatic heterocycles. The third-order valence-corrected chi connectivity index (χ3v) is 5.68. The number of fused-ring (bicyclic) bond motifs is 1. The van der Waals surface area contributed by atoms with Gasteiger partial charge in [0.05, 0.1) is 0 Å². The minimum atomic E-state index is -1.16. The summed E-state index contributed by atoms with van der Waals surface area (Å²) in [4.78, 5) is 62.2. The number of hydrogen-bond donors (Lipinski definition) is 3. The third-order valence-electron chi connectivity index (χ3n) is 5.68. The number of carbonyl (C=O) groups is 5. The van der Waals surface area contributed by atoms with Gasteiger partial charge >= 0.3 is 5.97 Å². The molecule has 3 N–H and O–H groups in total. The standard InChI is InChI=1S/C23H21N3O6/c27-19-9-8-18(21(29)25-19)26-12-15-7-6-14(11-16(15)22(26)30)20(28)24-17(23(31)32)10-13-4-2-1-3-5-13/h1-7,11,17-18H,8-10,12H2,(H,24,28)(H,31,32)(H,25,27,29)/t17-,18?/m0/s1. The second kappa shape index (κ2) is 8.62. The number of carboxylic acids is 1. The first-order valence-electron chi connectivity index (χ1n) is 10.2. The molecular weight excluding hydrogens is 414 g/mol. The van der Waals surface area contributed by atoms with E-state index in [4.69, 9.17) is 0 Å². The number of piperidine rings is 1. The molecule has 2 heterocycles. The minimum absolute atomic E-state index is 0.120. The van der Waals surface area contributed by atoms with Crippen LogP contribution in [0.1, 0.15) is 44.7 Å². The monoisotopic (exact) mass is 435 g/mol. The molecule has 2 aromatic rings. The molecule has 2 aromatic carbocycles. The summed E-state index contributed by atoms with van der Waals surface area (Å²) in [5.41, 5.74) is 1.87. The highest BCUT2D eigenvalue weighted by Gasteiger charge is 2.39. The molecule has 1 unspecified atom stereocenters. The van der Waals surface area contributed by atoms with Gasteiger partial charge in [-0.1, -0.05) is 36.4 Å². The number of carbonyl (C=O) groups excluding carboxylic acids is 4. The second-order valence-corrected chi connectivity index (χ2v) is 7.83. The summed E-state index contributed by atoms with van der Waals surface area (Å²) in [6, 6.07) is 11.6. The van der Waals surface area contributed by atoms with Crippen molar-refractivity contribution in [1.29, 1.82) is 0 Å². The molecule has 1 fully saturated rings. The van der Waals surface area contributed by atoms with Crippen molar-refractivity contribution in [2.45, 2.75) is 37.9 Å². The zero-order valence-corrected chi connectivity index (χ0v) is 17.0. The molecule has 9 nitrogen and oxygen atoms in total. The Labute approximate surface area is 183 Å². The zero-order valence-electron chi connectivity index (χ0n) is 17.0. The lowest BCUT2D eigenvalue weighted by Crippen LogP contribution is -2.52. The van der Waals surface area contributed by atoms with Crippen LogP contribution in [0.5, 0.6) is 0 Å². The van der Waals surface area contributed by atoms with Crippen LogP contribution in [0.15, 0.2) is 48.5 Å². The van der Waals surface area contributed by atoms with E-state index in [0.29, 0.717) is 5.56 Å². The number of imide groups is 1. The quantitative estimate of drug-likeness (QED) is 0.577. The number of amides is 4. The molecule has 164 valence electrons. The summed E-state index contributed by atoms with van der Waals surface area (Å²) >= 11 is 0. The van der Waals surface area contributed by atoms with Crippen molar-refractivity contribution < 1.29 is 29.1 Å². The molecule has 2 aliphatic heterocycles. The van der Waals surface area contributed by atoms with Gasteiger partial charge in [0, 0.05) is 30.5 Å². The molecule has 2 aliphatic rings. The van der Waals surface area contributed by atoms with Gasteiger partial charge in [0.25, 0.3) is 11.8 Å². The van der Waals surface area contributed by atoms with E-state index in [0.717, 1.165) is 5.56 Å². The summed E-state index contributed by atoms with van der Waals surface area (Å²) in [7, 11) is 0. The number of nitrogens with one attached hydrogen (secondary N) is 2. The Bertz CT molecular complexity index is 1110. The lowest BCUT2D eigenvalue weighted by Gasteiger charge is -2.29. The second-order valence-electron chi connectivity index (χ2n) is 7.83. The first-order chi connectivity index (χ1) is 15.3. The molecule has 4 rings (SSSR count). The van der Waals surface area contributed by atoms with Gasteiger partial charge in [-0.25, -0.2) is 4.79 Å². The molecule has 0 aliphatic carbocycles. The predicted molar refractivity (Wildman–Crippen MR) is 112 cm³/mol. The average molecular weight is 435 g/mol. The molecular formula is C23H21N3O6. The van der Waals surface area contributed by atoms with E-state index in [2.05, 4.69) is 10.6 Å². The van der Waals surface area contributed by atoms with Gasteiger partial charge in [-0.15, -0.1) is 0 Å². The normalized spacial score (nSPS) is 18.7. The Morgan fingerprint density at radius 2 is 1.88 bits per heavy atom. The minimum Gasteiger partial charge on any atom is -0.480 e. The Morgan fingerprint density at radius 1 is 1.12 bits per heavy atom. The number of benzene rings is 2. The maximum Gasteiger partial charge on any atom is 0.326 e. The van der Waals surface area contributed by atoms with Crippen LogP contribution >= 0.6 is 0 Å². The predicted octanol–water partition coefficient (Wildman–Crippen LogP) is 0.873. The number of nitrogens with zero attached hydrogens (tertiary/aromatic N) is 1. The fourth-order valence-corrected chi connectivity index (χ4v) is 3.99. The van der Waals surface area contributed by atoms with Crippen LogP contribution in [0.2, 0.25) is 0 Å². The summed E-state index contributed by atoms with van der Waals surface area (Å²) < 4.78 is 0. The maximum atomic E-state index is 12.9. The molecule has 0 radical (unpaired) electrons. The Kier molecular flexibility index (Phi) is 5.72. The highest BCUT2D eigenvalue weighted by Crippen LogP contribution is 2.28. The largest absolute Gasteiger partial charge is 0.480 e. The average Bonchev–Trinajstić information content (AvgIpc) is 3.09. The van der Waals surface area contributed by atoms with Crippen molar-refractivity contribution in [2.24, 2.45) is 0 Å². The van der Waals surface area contributed by atoms with Crippen LogP contribution in [-0.2, 0) is 27.3 Å². The topological polar surface area (TPSA) is 133 Å². The van der Waals surface area contributed by atoms with E-state index in [1.807, 2.05) is 6.07 Å². The molecule has 0 saturated carbocycles. The lowest BCUT2D eigenvalue weighted by molar-refractivity contribution is -0.139. The van der Waals surface area contributed by atoms with E-state index < -0.39 is 35.8 Å². The van der Waals surface area contributed by atoms with Crippen LogP contribution < -0.4 is 10.6 Å². The number of hydrogen-bond acceptors (Lipinski definition) is 5. The maximum absolute atomic E-state index is 12.9. The van der Waals surface area contributed by atoms with E-state index in [9.17, 15) is 29.1 Å². The van der Waals surface area contributed by atoms with Gasteiger partial charge < -0.3 is 15.3 Å². The zero-order chi connectivity index (χ0) is 22.8. The van der Waals surface area contributed by atoms with Crippen LogP contribution in [0, 0.1) is 0 Å². The van der Waals surface area contributed by atoms with Gasteiger partial charge in [-0.2, -0.15) is 0 Å². The summed E-state index contributed by atoms with van der Waals surface area (Å²) in [5.74, 6) is -3.04. The number of carboxylic acid groups (broad SMARTS) is 1. The van der Waals surface area contributed by atoms with E-state index >= 15 is 0 Å². The number of rotatable bonds is 6. The van der Waals surface area contributed by atoms with Gasteiger partial charge in [-0.05, 0) is 29.7 Å². The van der Waals surface area contributed by atoms with E-state index in [1.54, 1.807) is 30.3 Å². The Hall–Kier alpha value is -4.01. The van der Waals surface area contributed by atoms with E-state index in [-0.39, 0.29) is 42.8 Å². The van der Waals surface area contributed by atoms with Crippen molar-refractivity contribution in [3.63, 3.8) is 0 Å². The molecule has 2 atom stereocenters. The third kappa shape index (κ3) is 4.22. The first-order valence-corrected chi connectivity index (χ1v) is 10.2. The van der Waals surface area contributed by atoms with Gasteiger partial charge in [0.2, 0.25) is 11.8 Å². The van der Waals surface area contributed by atoms with Crippen LogP contribution in [0.25, 0.3) is 0 Å². The van der Waals surface area contributed by atoms with Gasteiger partial charge in [-0.3, -0.25) is 24.5 Å².